The molecule has 2 aromatic heterocycles. The third-order valence-corrected chi connectivity index (χ3v) is 7.85. The zero-order valence-electron chi connectivity index (χ0n) is 19.0. The Morgan fingerprint density at radius 1 is 1.20 bits per heavy atom. The summed E-state index contributed by atoms with van der Waals surface area (Å²) in [5, 5.41) is 14.5. The number of carbonyl (C=O) groups is 1. The highest BCUT2D eigenvalue weighted by Gasteiger charge is 2.31. The van der Waals surface area contributed by atoms with Gasteiger partial charge in [-0.15, -0.1) is 11.3 Å². The Balaban J connectivity index is 1.53. The average molecular weight is 505 g/mol. The number of piperidine rings is 2. The summed E-state index contributed by atoms with van der Waals surface area (Å²) in [5.74, 6) is -1.02. The lowest BCUT2D eigenvalue weighted by Crippen LogP contribution is -2.40. The summed E-state index contributed by atoms with van der Waals surface area (Å²) >= 11 is 1.33. The molecule has 5 rings (SSSR count). The van der Waals surface area contributed by atoms with Crippen molar-refractivity contribution in [2.24, 2.45) is 11.8 Å². The van der Waals surface area contributed by atoms with Gasteiger partial charge in [-0.2, -0.15) is 0 Å². The number of benzene rings is 1. The van der Waals surface area contributed by atoms with Gasteiger partial charge in [-0.05, 0) is 56.7 Å². The van der Waals surface area contributed by atoms with Crippen molar-refractivity contribution < 1.29 is 23.4 Å². The van der Waals surface area contributed by atoms with E-state index in [0.717, 1.165) is 51.0 Å². The minimum absolute atomic E-state index is 0.0736. The Labute approximate surface area is 204 Å². The number of carboxylic acid groups (broad SMARTS) is 1. The van der Waals surface area contributed by atoms with Crippen LogP contribution in [0, 0.1) is 23.5 Å². The Morgan fingerprint density at radius 3 is 2.57 bits per heavy atom. The number of hydrogen-bond acceptors (Lipinski definition) is 7. The van der Waals surface area contributed by atoms with Gasteiger partial charge in [0, 0.05) is 24.7 Å². The lowest BCUT2D eigenvalue weighted by Gasteiger charge is -2.39. The maximum Gasteiger partial charge on any atom is 0.511 e. The van der Waals surface area contributed by atoms with E-state index in [2.05, 4.69) is 15.0 Å². The first-order chi connectivity index (χ1) is 16.9. The number of pyridine rings is 1. The van der Waals surface area contributed by atoms with Crippen LogP contribution in [0.2, 0.25) is 0 Å². The zero-order valence-corrected chi connectivity index (χ0v) is 19.8. The maximum absolute atomic E-state index is 16.0. The molecule has 3 aromatic rings. The Bertz CT molecular complexity index is 1280. The van der Waals surface area contributed by atoms with Gasteiger partial charge in [0.2, 0.25) is 5.43 Å². The van der Waals surface area contributed by atoms with E-state index in [1.165, 1.54) is 15.9 Å². The van der Waals surface area contributed by atoms with Crippen LogP contribution in [0.15, 0.2) is 28.6 Å². The second kappa shape index (κ2) is 9.90. The van der Waals surface area contributed by atoms with Crippen molar-refractivity contribution in [3.63, 3.8) is 0 Å². The molecule has 2 saturated heterocycles. The van der Waals surface area contributed by atoms with Gasteiger partial charge in [0.25, 0.3) is 0 Å². The highest BCUT2D eigenvalue weighted by molar-refractivity contribution is 7.09. The Hall–Kier alpha value is -3.05. The number of ether oxygens (including phenoxy) is 1. The Kier molecular flexibility index (Phi) is 6.70. The summed E-state index contributed by atoms with van der Waals surface area (Å²) in [6.45, 7) is 3.17. The fraction of sp³-hybridized carbons (Fsp3) is 0.458. The van der Waals surface area contributed by atoms with Crippen LogP contribution in [-0.4, -0.2) is 47.0 Å². The van der Waals surface area contributed by atoms with Crippen molar-refractivity contribution in [3.05, 3.63) is 50.7 Å². The van der Waals surface area contributed by atoms with E-state index in [-0.39, 0.29) is 23.1 Å². The van der Waals surface area contributed by atoms with Gasteiger partial charge in [-0.1, -0.05) is 0 Å². The van der Waals surface area contributed by atoms with E-state index in [4.69, 9.17) is 5.11 Å². The molecule has 0 unspecified atom stereocenters. The van der Waals surface area contributed by atoms with Crippen molar-refractivity contribution >= 4 is 34.1 Å². The molecule has 0 aliphatic carbocycles. The largest absolute Gasteiger partial charge is 0.511 e. The van der Waals surface area contributed by atoms with Gasteiger partial charge in [-0.3, -0.25) is 4.79 Å². The number of nitrogens with zero attached hydrogens (tertiary/aromatic N) is 3. The third kappa shape index (κ3) is 4.74. The molecule has 0 amide bonds. The number of thiazole rings is 1. The zero-order chi connectivity index (χ0) is 24.5. The summed E-state index contributed by atoms with van der Waals surface area (Å²) < 4.78 is 37.3. The Morgan fingerprint density at radius 2 is 1.91 bits per heavy atom. The molecule has 2 N–H and O–H groups in total. The van der Waals surface area contributed by atoms with E-state index < -0.39 is 29.0 Å². The SMILES string of the molecule is O=C(O)Oc1cn(Cc2nccs2)c2c(F)c(N3CCC(C4CCNCC4)CC3)c(F)cc2c1=O. The summed E-state index contributed by atoms with van der Waals surface area (Å²) in [4.78, 5) is 29.9. The monoisotopic (exact) mass is 504 g/mol. The maximum atomic E-state index is 16.0. The van der Waals surface area contributed by atoms with Crippen LogP contribution in [0.5, 0.6) is 5.75 Å². The fourth-order valence-electron chi connectivity index (χ4n) is 5.42. The summed E-state index contributed by atoms with van der Waals surface area (Å²) in [6.07, 6.45) is 5.04. The van der Waals surface area contributed by atoms with E-state index >= 15 is 8.78 Å². The third-order valence-electron chi connectivity index (χ3n) is 7.09. The number of fused-ring (bicyclic) bond motifs is 1. The average Bonchev–Trinajstić information content (AvgIpc) is 3.36. The topological polar surface area (TPSA) is 96.7 Å². The molecule has 0 atom stereocenters. The molecule has 186 valence electrons. The van der Waals surface area contributed by atoms with Crippen molar-refractivity contribution in [2.45, 2.75) is 32.2 Å². The number of aromatic nitrogens is 2. The molecule has 0 bridgehead atoms. The van der Waals surface area contributed by atoms with Gasteiger partial charge in [-0.25, -0.2) is 18.6 Å². The van der Waals surface area contributed by atoms with Gasteiger partial charge in [0.15, 0.2) is 11.6 Å². The summed E-state index contributed by atoms with van der Waals surface area (Å²) in [5.41, 5.74) is -1.13. The molecule has 2 fully saturated rings. The van der Waals surface area contributed by atoms with Crippen molar-refractivity contribution in [1.29, 1.82) is 0 Å². The first-order valence-electron chi connectivity index (χ1n) is 11.7. The van der Waals surface area contributed by atoms with E-state index in [1.54, 1.807) is 16.5 Å². The molecular weight excluding hydrogens is 478 g/mol. The molecule has 2 aliphatic heterocycles. The minimum Gasteiger partial charge on any atom is -0.449 e. The van der Waals surface area contributed by atoms with Crippen LogP contribution in [0.3, 0.4) is 0 Å². The highest BCUT2D eigenvalue weighted by Crippen LogP contribution is 2.36. The normalized spacial score (nSPS) is 17.7. The second-order valence-electron chi connectivity index (χ2n) is 9.07. The number of halogens is 2. The second-order valence-corrected chi connectivity index (χ2v) is 10.1. The predicted molar refractivity (Wildman–Crippen MR) is 129 cm³/mol. The van der Waals surface area contributed by atoms with Gasteiger partial charge in [0.05, 0.1) is 23.6 Å². The van der Waals surface area contributed by atoms with Gasteiger partial charge in [0.1, 0.15) is 16.5 Å². The molecule has 2 aliphatic rings. The van der Waals surface area contributed by atoms with Crippen molar-refractivity contribution in [1.82, 2.24) is 14.9 Å². The molecule has 0 spiro atoms. The van der Waals surface area contributed by atoms with Crippen LogP contribution in [0.25, 0.3) is 10.9 Å². The minimum atomic E-state index is -1.68. The van der Waals surface area contributed by atoms with Crippen LogP contribution in [0.1, 0.15) is 30.7 Å². The fourth-order valence-corrected chi connectivity index (χ4v) is 6.03. The van der Waals surface area contributed by atoms with Gasteiger partial charge >= 0.3 is 6.16 Å². The first kappa shape index (κ1) is 23.7. The molecule has 8 nitrogen and oxygen atoms in total. The van der Waals surface area contributed by atoms with Crippen LogP contribution < -0.4 is 20.4 Å². The standard InChI is InChI=1S/C24H26F2N4O4S/c25-17-11-16-21(30(13-19-28-7-10-35-19)12-18(23(16)31)34-24(32)33)20(26)22(17)29-8-3-15(4-9-29)14-1-5-27-6-2-14/h7,10-12,14-15,27H,1-6,8-9,13H2,(H,32,33). The lowest BCUT2D eigenvalue weighted by molar-refractivity contribution is 0.144. The summed E-state index contributed by atoms with van der Waals surface area (Å²) in [6, 6.07) is 0.988. The van der Waals surface area contributed by atoms with Gasteiger partial charge < -0.3 is 24.6 Å². The highest BCUT2D eigenvalue weighted by atomic mass is 32.1. The molecule has 11 heteroatoms. The van der Waals surface area contributed by atoms with E-state index in [9.17, 15) is 9.59 Å². The van der Waals surface area contributed by atoms with Crippen molar-refractivity contribution in [2.75, 3.05) is 31.1 Å². The van der Waals surface area contributed by atoms with Crippen LogP contribution >= 0.6 is 11.3 Å². The smallest absolute Gasteiger partial charge is 0.449 e. The molecule has 0 radical (unpaired) electrons. The quantitative estimate of drug-likeness (QED) is 0.506. The molecule has 4 heterocycles. The molecule has 1 aromatic carbocycles. The first-order valence-corrected chi connectivity index (χ1v) is 12.6. The lowest BCUT2D eigenvalue weighted by atomic mass is 9.79. The number of nitrogens with one attached hydrogen (secondary N) is 1. The number of anilines is 1. The van der Waals surface area contributed by atoms with E-state index in [1.807, 2.05) is 0 Å². The van der Waals surface area contributed by atoms with Crippen LogP contribution in [0.4, 0.5) is 19.3 Å². The summed E-state index contributed by atoms with van der Waals surface area (Å²) in [7, 11) is 0. The van der Waals surface area contributed by atoms with E-state index in [0.29, 0.717) is 29.9 Å². The number of hydrogen-bond donors (Lipinski definition) is 2. The predicted octanol–water partition coefficient (Wildman–Crippen LogP) is 4.06. The number of rotatable bonds is 5. The molecule has 35 heavy (non-hydrogen) atoms. The van der Waals surface area contributed by atoms with Crippen molar-refractivity contribution in [3.8, 4) is 5.75 Å². The molecular formula is C24H26F2N4O4S. The van der Waals surface area contributed by atoms with Crippen LogP contribution in [-0.2, 0) is 6.54 Å². The molecule has 0 saturated carbocycles.